The lowest BCUT2D eigenvalue weighted by atomic mass is 10.1. The van der Waals surface area contributed by atoms with Gasteiger partial charge in [-0.2, -0.15) is 8.78 Å². The predicted octanol–water partition coefficient (Wildman–Crippen LogP) is 2.78. The molecule has 1 atom stereocenters. The van der Waals surface area contributed by atoms with Crippen LogP contribution in [-0.2, 0) is 4.74 Å². The molecule has 1 saturated heterocycles. The lowest BCUT2D eigenvalue weighted by Crippen LogP contribution is -2.18. The van der Waals surface area contributed by atoms with Crippen molar-refractivity contribution in [2.24, 2.45) is 0 Å². The molecule has 86 valence electrons. The maximum Gasteiger partial charge on any atom is 0.407 e. The summed E-state index contributed by atoms with van der Waals surface area (Å²) in [6, 6.07) is 6.46. The van der Waals surface area contributed by atoms with Gasteiger partial charge in [-0.25, -0.2) is 4.79 Å². The van der Waals surface area contributed by atoms with E-state index in [0.29, 0.717) is 16.7 Å². The van der Waals surface area contributed by atoms with Crippen molar-refractivity contribution in [3.05, 3.63) is 29.8 Å². The van der Waals surface area contributed by atoms with Crippen molar-refractivity contribution in [2.45, 2.75) is 16.7 Å². The lowest BCUT2D eigenvalue weighted by Gasteiger charge is -2.08. The molecule has 0 saturated carbocycles. The van der Waals surface area contributed by atoms with Crippen molar-refractivity contribution < 1.29 is 18.3 Å². The molecular formula is C10H9F2NO2S. The maximum absolute atomic E-state index is 12.1. The van der Waals surface area contributed by atoms with Crippen molar-refractivity contribution in [2.75, 3.05) is 6.61 Å². The van der Waals surface area contributed by atoms with E-state index in [-0.39, 0.29) is 12.6 Å². The maximum atomic E-state index is 12.1. The molecule has 1 aromatic carbocycles. The number of carbonyl (C=O) groups excluding carboxylic acids is 1. The van der Waals surface area contributed by atoms with E-state index in [1.165, 1.54) is 0 Å². The van der Waals surface area contributed by atoms with Crippen LogP contribution in [0.5, 0.6) is 0 Å². The number of alkyl carbamates (subject to hydrolysis) is 1. The van der Waals surface area contributed by atoms with E-state index in [1.807, 2.05) is 0 Å². The molecule has 1 N–H and O–H groups in total. The van der Waals surface area contributed by atoms with Crippen LogP contribution in [0.25, 0.3) is 0 Å². The molecule has 0 radical (unpaired) electrons. The minimum absolute atomic E-state index is 0.182. The van der Waals surface area contributed by atoms with Crippen LogP contribution >= 0.6 is 11.8 Å². The normalized spacial score (nSPS) is 19.7. The number of alkyl halides is 2. The number of ether oxygens (including phenoxy) is 1. The number of thioether (sulfide) groups is 1. The van der Waals surface area contributed by atoms with Crippen LogP contribution in [0.2, 0.25) is 0 Å². The second-order valence-electron chi connectivity index (χ2n) is 3.24. The molecule has 1 aliphatic heterocycles. The van der Waals surface area contributed by atoms with E-state index in [2.05, 4.69) is 5.32 Å². The Bertz CT molecular complexity index is 383. The van der Waals surface area contributed by atoms with Gasteiger partial charge in [-0.1, -0.05) is 23.9 Å². The Morgan fingerprint density at radius 3 is 2.56 bits per heavy atom. The Labute approximate surface area is 95.2 Å². The standard InChI is InChI=1S/C10H9F2NO2S/c11-9(12)16-7-3-1-6(2-4-7)8-5-15-10(14)13-8/h1-4,8-9H,5H2,(H,13,14). The number of halogens is 2. The molecule has 1 fully saturated rings. The second-order valence-corrected chi connectivity index (χ2v) is 4.31. The number of nitrogens with one attached hydrogen (secondary N) is 1. The molecule has 2 rings (SSSR count). The largest absolute Gasteiger partial charge is 0.447 e. The Morgan fingerprint density at radius 2 is 2.06 bits per heavy atom. The molecule has 1 unspecified atom stereocenters. The van der Waals surface area contributed by atoms with Gasteiger partial charge in [-0.3, -0.25) is 0 Å². The molecule has 3 nitrogen and oxygen atoms in total. The van der Waals surface area contributed by atoms with Gasteiger partial charge >= 0.3 is 6.09 Å². The van der Waals surface area contributed by atoms with Crippen molar-refractivity contribution in [1.29, 1.82) is 0 Å². The SMILES string of the molecule is O=C1NC(c2ccc(SC(F)F)cc2)CO1. The van der Waals surface area contributed by atoms with Gasteiger partial charge < -0.3 is 10.1 Å². The quantitative estimate of drug-likeness (QED) is 0.832. The van der Waals surface area contributed by atoms with E-state index in [0.717, 1.165) is 5.56 Å². The highest BCUT2D eigenvalue weighted by Gasteiger charge is 2.23. The Hall–Kier alpha value is -1.30. The number of cyclic esters (lactones) is 1. The van der Waals surface area contributed by atoms with Crippen LogP contribution in [0.15, 0.2) is 29.2 Å². The minimum atomic E-state index is -2.42. The van der Waals surface area contributed by atoms with Gasteiger partial charge in [0.1, 0.15) is 6.61 Å². The zero-order valence-corrected chi connectivity index (χ0v) is 8.97. The first-order chi connectivity index (χ1) is 7.65. The number of hydrogen-bond donors (Lipinski definition) is 1. The molecule has 0 aromatic heterocycles. The minimum Gasteiger partial charge on any atom is -0.447 e. The van der Waals surface area contributed by atoms with E-state index in [4.69, 9.17) is 4.74 Å². The summed E-state index contributed by atoms with van der Waals surface area (Å²) in [5, 5.41) is 2.61. The van der Waals surface area contributed by atoms with Gasteiger partial charge in [0, 0.05) is 4.90 Å². The van der Waals surface area contributed by atoms with Gasteiger partial charge in [0.15, 0.2) is 0 Å². The lowest BCUT2D eigenvalue weighted by molar-refractivity contribution is 0.177. The third kappa shape index (κ3) is 2.63. The summed E-state index contributed by atoms with van der Waals surface area (Å²) in [5.41, 5.74) is 0.851. The fourth-order valence-electron chi connectivity index (χ4n) is 1.45. The Balaban J connectivity index is 2.04. The van der Waals surface area contributed by atoms with Crippen molar-refractivity contribution in [1.82, 2.24) is 5.32 Å². The summed E-state index contributed by atoms with van der Waals surface area (Å²) < 4.78 is 28.9. The van der Waals surface area contributed by atoms with E-state index in [9.17, 15) is 13.6 Å². The highest BCUT2D eigenvalue weighted by atomic mass is 32.2. The number of amides is 1. The van der Waals surface area contributed by atoms with Crippen LogP contribution in [0.1, 0.15) is 11.6 Å². The third-order valence-electron chi connectivity index (χ3n) is 2.18. The molecule has 1 heterocycles. The first-order valence-electron chi connectivity index (χ1n) is 4.63. The van der Waals surface area contributed by atoms with Crippen LogP contribution in [-0.4, -0.2) is 18.5 Å². The fraction of sp³-hybridized carbons (Fsp3) is 0.300. The first kappa shape index (κ1) is 11.2. The van der Waals surface area contributed by atoms with Gasteiger partial charge in [0.05, 0.1) is 6.04 Å². The number of carbonyl (C=O) groups is 1. The van der Waals surface area contributed by atoms with Crippen molar-refractivity contribution in [3.63, 3.8) is 0 Å². The molecule has 16 heavy (non-hydrogen) atoms. The Kier molecular flexibility index (Phi) is 3.28. The summed E-state index contributed by atoms with van der Waals surface area (Å²) in [4.78, 5) is 11.3. The smallest absolute Gasteiger partial charge is 0.407 e. The number of rotatable bonds is 3. The van der Waals surface area contributed by atoms with Crippen molar-refractivity contribution >= 4 is 17.9 Å². The molecule has 0 aliphatic carbocycles. The Morgan fingerprint density at radius 1 is 1.38 bits per heavy atom. The van der Waals surface area contributed by atoms with E-state index >= 15 is 0 Å². The zero-order valence-electron chi connectivity index (χ0n) is 8.15. The molecule has 0 bridgehead atoms. The van der Waals surface area contributed by atoms with Gasteiger partial charge in [-0.15, -0.1) is 0 Å². The molecule has 1 aromatic rings. The molecule has 1 aliphatic rings. The summed E-state index contributed by atoms with van der Waals surface area (Å²) in [5.74, 6) is -2.42. The molecule has 6 heteroatoms. The third-order valence-corrected chi connectivity index (χ3v) is 2.90. The van der Waals surface area contributed by atoms with Gasteiger partial charge in [-0.05, 0) is 17.7 Å². The van der Waals surface area contributed by atoms with Crippen LogP contribution in [0, 0.1) is 0 Å². The molecule has 1 amide bonds. The van der Waals surface area contributed by atoms with Gasteiger partial charge in [0.25, 0.3) is 5.76 Å². The topological polar surface area (TPSA) is 38.3 Å². The fourth-order valence-corrected chi connectivity index (χ4v) is 1.94. The number of benzene rings is 1. The van der Waals surface area contributed by atoms with E-state index < -0.39 is 11.9 Å². The summed E-state index contributed by atoms with van der Waals surface area (Å²) in [7, 11) is 0. The van der Waals surface area contributed by atoms with Crippen LogP contribution in [0.4, 0.5) is 13.6 Å². The number of hydrogen-bond acceptors (Lipinski definition) is 3. The van der Waals surface area contributed by atoms with Crippen molar-refractivity contribution in [3.8, 4) is 0 Å². The molecule has 0 spiro atoms. The highest BCUT2D eigenvalue weighted by Crippen LogP contribution is 2.27. The molecular weight excluding hydrogens is 236 g/mol. The highest BCUT2D eigenvalue weighted by molar-refractivity contribution is 7.99. The predicted molar refractivity (Wildman–Crippen MR) is 55.5 cm³/mol. The average Bonchev–Trinajstić information content (AvgIpc) is 2.65. The van der Waals surface area contributed by atoms with Crippen LogP contribution < -0.4 is 5.32 Å². The zero-order chi connectivity index (χ0) is 11.5. The van der Waals surface area contributed by atoms with E-state index in [1.54, 1.807) is 24.3 Å². The summed E-state index contributed by atoms with van der Waals surface area (Å²) in [6.07, 6.45) is -0.448. The second kappa shape index (κ2) is 4.69. The summed E-state index contributed by atoms with van der Waals surface area (Å²) in [6.45, 7) is 0.278. The van der Waals surface area contributed by atoms with Crippen LogP contribution in [0.3, 0.4) is 0 Å². The average molecular weight is 245 g/mol. The summed E-state index contributed by atoms with van der Waals surface area (Å²) >= 11 is 0.498. The van der Waals surface area contributed by atoms with Gasteiger partial charge in [0.2, 0.25) is 0 Å². The monoisotopic (exact) mass is 245 g/mol. The first-order valence-corrected chi connectivity index (χ1v) is 5.51.